The maximum atomic E-state index is 12.2. The van der Waals surface area contributed by atoms with E-state index in [0.717, 1.165) is 4.57 Å². The summed E-state index contributed by atoms with van der Waals surface area (Å²) in [6.45, 7) is -1.78. The first-order valence-corrected chi connectivity index (χ1v) is 5.18. The van der Waals surface area contributed by atoms with Gasteiger partial charge in [-0.15, -0.1) is 0 Å². The number of rotatable bonds is 5. The third-order valence-corrected chi connectivity index (χ3v) is 2.23. The van der Waals surface area contributed by atoms with Gasteiger partial charge in [0.25, 0.3) is 12.3 Å². The quantitative estimate of drug-likeness (QED) is 0.804. The highest BCUT2D eigenvalue weighted by Gasteiger charge is 2.38. The number of hydrogen-bond donors (Lipinski definition) is 2. The Balaban J connectivity index is 2.62. The van der Waals surface area contributed by atoms with E-state index in [1.807, 2.05) is 5.32 Å². The number of aromatic nitrogens is 1. The second kappa shape index (κ2) is 6.00. The van der Waals surface area contributed by atoms with Crippen LogP contribution >= 0.6 is 0 Å². The molecule has 1 atom stereocenters. The number of aliphatic hydroxyl groups excluding tert-OH is 1. The molecule has 1 amide bonds. The number of halogens is 5. The predicted molar refractivity (Wildman–Crippen MR) is 54.8 cm³/mol. The van der Waals surface area contributed by atoms with Crippen molar-refractivity contribution in [1.29, 1.82) is 0 Å². The van der Waals surface area contributed by atoms with Crippen LogP contribution in [0.25, 0.3) is 0 Å². The topological polar surface area (TPSA) is 54.3 Å². The van der Waals surface area contributed by atoms with E-state index in [0.29, 0.717) is 0 Å². The maximum absolute atomic E-state index is 12.2. The molecule has 1 aromatic heterocycles. The van der Waals surface area contributed by atoms with Crippen molar-refractivity contribution >= 4 is 5.91 Å². The van der Waals surface area contributed by atoms with Crippen LogP contribution in [-0.2, 0) is 6.54 Å². The molecule has 2 N–H and O–H groups in total. The van der Waals surface area contributed by atoms with Crippen LogP contribution < -0.4 is 5.32 Å². The van der Waals surface area contributed by atoms with Crippen molar-refractivity contribution in [2.24, 2.45) is 0 Å². The van der Waals surface area contributed by atoms with Crippen molar-refractivity contribution in [2.45, 2.75) is 25.3 Å². The van der Waals surface area contributed by atoms with E-state index in [-0.39, 0.29) is 5.69 Å². The molecule has 0 spiro atoms. The van der Waals surface area contributed by atoms with Gasteiger partial charge >= 0.3 is 6.18 Å². The van der Waals surface area contributed by atoms with Gasteiger partial charge in [-0.05, 0) is 12.1 Å². The van der Waals surface area contributed by atoms with Gasteiger partial charge in [0.1, 0.15) is 5.69 Å². The van der Waals surface area contributed by atoms with Crippen molar-refractivity contribution in [3.05, 3.63) is 24.0 Å². The summed E-state index contributed by atoms with van der Waals surface area (Å²) in [6.07, 6.45) is -9.03. The maximum Gasteiger partial charge on any atom is 0.416 e. The SMILES string of the molecule is O=C(NCC(O)C(F)(F)F)c1cccn1CC(F)F. The van der Waals surface area contributed by atoms with Crippen LogP contribution in [0, 0.1) is 0 Å². The Hall–Kier alpha value is -1.64. The average Bonchev–Trinajstić information content (AvgIpc) is 2.71. The van der Waals surface area contributed by atoms with E-state index in [9.17, 15) is 26.7 Å². The van der Waals surface area contributed by atoms with Crippen LogP contribution in [0.3, 0.4) is 0 Å². The summed E-state index contributed by atoms with van der Waals surface area (Å²) in [6, 6.07) is 2.51. The zero-order chi connectivity index (χ0) is 14.6. The Morgan fingerprint density at radius 1 is 1.42 bits per heavy atom. The monoisotopic (exact) mass is 286 g/mol. The largest absolute Gasteiger partial charge is 0.416 e. The summed E-state index contributed by atoms with van der Waals surface area (Å²) >= 11 is 0. The van der Waals surface area contributed by atoms with Gasteiger partial charge in [0.2, 0.25) is 0 Å². The molecule has 0 aliphatic heterocycles. The molecule has 0 aromatic carbocycles. The van der Waals surface area contributed by atoms with Gasteiger partial charge in [0.15, 0.2) is 6.10 Å². The lowest BCUT2D eigenvalue weighted by atomic mass is 10.3. The standard InChI is InChI=1S/C10H11F5N2O2/c11-8(12)5-17-3-1-2-6(17)9(19)16-4-7(18)10(13,14)15/h1-3,7-8,18H,4-5H2,(H,16,19). The summed E-state index contributed by atoms with van der Waals surface area (Å²) in [5.41, 5.74) is -0.199. The molecule has 0 aliphatic carbocycles. The molecule has 1 unspecified atom stereocenters. The van der Waals surface area contributed by atoms with E-state index in [1.165, 1.54) is 18.3 Å². The third kappa shape index (κ3) is 4.51. The summed E-state index contributed by atoms with van der Waals surface area (Å²) in [5, 5.41) is 10.5. The Labute approximate surface area is 104 Å². The Kier molecular flexibility index (Phi) is 4.87. The summed E-state index contributed by atoms with van der Waals surface area (Å²) in [5.74, 6) is -0.964. The van der Waals surface area contributed by atoms with E-state index >= 15 is 0 Å². The molecule has 19 heavy (non-hydrogen) atoms. The van der Waals surface area contributed by atoms with E-state index in [4.69, 9.17) is 5.11 Å². The molecule has 0 radical (unpaired) electrons. The molecule has 108 valence electrons. The van der Waals surface area contributed by atoms with Gasteiger partial charge in [0, 0.05) is 6.20 Å². The van der Waals surface area contributed by atoms with Crippen LogP contribution in [-0.4, -0.2) is 40.8 Å². The lowest BCUT2D eigenvalue weighted by Crippen LogP contribution is -2.41. The van der Waals surface area contributed by atoms with Gasteiger partial charge in [-0.1, -0.05) is 0 Å². The number of alkyl halides is 5. The molecule has 0 fully saturated rings. The minimum Gasteiger partial charge on any atom is -0.382 e. The fraction of sp³-hybridized carbons (Fsp3) is 0.500. The molecule has 9 heteroatoms. The van der Waals surface area contributed by atoms with Crippen molar-refractivity contribution < 1.29 is 31.9 Å². The molecule has 0 bridgehead atoms. The lowest BCUT2D eigenvalue weighted by molar-refractivity contribution is -0.201. The Bertz CT molecular complexity index is 430. The van der Waals surface area contributed by atoms with Gasteiger partial charge in [-0.25, -0.2) is 8.78 Å². The highest BCUT2D eigenvalue weighted by atomic mass is 19.4. The number of carbonyl (C=O) groups is 1. The van der Waals surface area contributed by atoms with E-state index in [2.05, 4.69) is 0 Å². The molecule has 1 aromatic rings. The van der Waals surface area contributed by atoms with Crippen molar-refractivity contribution in [2.75, 3.05) is 6.54 Å². The van der Waals surface area contributed by atoms with E-state index in [1.54, 1.807) is 0 Å². The zero-order valence-electron chi connectivity index (χ0n) is 9.49. The Morgan fingerprint density at radius 2 is 2.05 bits per heavy atom. The smallest absolute Gasteiger partial charge is 0.382 e. The second-order valence-electron chi connectivity index (χ2n) is 3.70. The second-order valence-corrected chi connectivity index (χ2v) is 3.70. The number of carbonyl (C=O) groups excluding carboxylic acids is 1. The summed E-state index contributed by atoms with van der Waals surface area (Å²) in [7, 11) is 0. The highest BCUT2D eigenvalue weighted by Crippen LogP contribution is 2.19. The highest BCUT2D eigenvalue weighted by molar-refractivity contribution is 5.92. The summed E-state index contributed by atoms with van der Waals surface area (Å²) in [4.78, 5) is 11.5. The van der Waals surface area contributed by atoms with Gasteiger partial charge in [-0.3, -0.25) is 4.79 Å². The fourth-order valence-corrected chi connectivity index (χ4v) is 1.32. The first kappa shape index (κ1) is 15.4. The van der Waals surface area contributed by atoms with Crippen LogP contribution in [0.5, 0.6) is 0 Å². The zero-order valence-corrected chi connectivity index (χ0v) is 9.49. The van der Waals surface area contributed by atoms with Crippen molar-refractivity contribution in [1.82, 2.24) is 9.88 Å². The fourth-order valence-electron chi connectivity index (χ4n) is 1.32. The van der Waals surface area contributed by atoms with Gasteiger partial charge < -0.3 is 15.0 Å². The minimum absolute atomic E-state index is 0.199. The summed E-state index contributed by atoms with van der Waals surface area (Å²) < 4.78 is 61.2. The van der Waals surface area contributed by atoms with Crippen LogP contribution in [0.1, 0.15) is 10.5 Å². The van der Waals surface area contributed by atoms with Crippen molar-refractivity contribution in [3.8, 4) is 0 Å². The van der Waals surface area contributed by atoms with Gasteiger partial charge in [0.05, 0.1) is 13.1 Å². The Morgan fingerprint density at radius 3 is 2.58 bits per heavy atom. The molecule has 4 nitrogen and oxygen atoms in total. The number of hydrogen-bond acceptors (Lipinski definition) is 2. The molecule has 1 heterocycles. The van der Waals surface area contributed by atoms with Crippen LogP contribution in [0.15, 0.2) is 18.3 Å². The third-order valence-electron chi connectivity index (χ3n) is 2.23. The van der Waals surface area contributed by atoms with Gasteiger partial charge in [-0.2, -0.15) is 13.2 Å². The molecular formula is C10H11F5N2O2. The average molecular weight is 286 g/mol. The number of amides is 1. The predicted octanol–water partition coefficient (Wildman–Crippen LogP) is 1.41. The molecule has 0 saturated heterocycles. The first-order chi connectivity index (χ1) is 8.71. The van der Waals surface area contributed by atoms with E-state index < -0.39 is 37.7 Å². The number of aliphatic hydroxyl groups is 1. The molecule has 1 rings (SSSR count). The van der Waals surface area contributed by atoms with Crippen molar-refractivity contribution in [3.63, 3.8) is 0 Å². The number of nitrogens with one attached hydrogen (secondary N) is 1. The normalized spacial score (nSPS) is 13.6. The van der Waals surface area contributed by atoms with Crippen LogP contribution in [0.4, 0.5) is 22.0 Å². The number of nitrogens with zero attached hydrogens (tertiary/aromatic N) is 1. The molecule has 0 aliphatic rings. The molecular weight excluding hydrogens is 275 g/mol. The van der Waals surface area contributed by atoms with Crippen LogP contribution in [0.2, 0.25) is 0 Å². The lowest BCUT2D eigenvalue weighted by Gasteiger charge is -2.15. The first-order valence-electron chi connectivity index (χ1n) is 5.18. The minimum atomic E-state index is -4.85. The molecule has 0 saturated carbocycles.